The molecule has 0 saturated carbocycles. The lowest BCUT2D eigenvalue weighted by Crippen LogP contribution is -2.41. The van der Waals surface area contributed by atoms with Crippen LogP contribution < -0.4 is 5.32 Å². The first-order valence-electron chi connectivity index (χ1n) is 7.65. The molecule has 1 saturated heterocycles. The van der Waals surface area contributed by atoms with Crippen LogP contribution in [0.4, 0.5) is 5.69 Å². The van der Waals surface area contributed by atoms with E-state index in [-0.39, 0.29) is 0 Å². The van der Waals surface area contributed by atoms with E-state index in [0.717, 1.165) is 22.5 Å². The molecule has 21 heavy (non-hydrogen) atoms. The Hall–Kier alpha value is -1.23. The summed E-state index contributed by atoms with van der Waals surface area (Å²) in [5, 5.41) is 9.22. The molecule has 1 N–H and O–H groups in total. The van der Waals surface area contributed by atoms with E-state index in [9.17, 15) is 0 Å². The van der Waals surface area contributed by atoms with Gasteiger partial charge in [0.1, 0.15) is 0 Å². The van der Waals surface area contributed by atoms with Gasteiger partial charge < -0.3 is 5.32 Å². The smallest absolute Gasteiger partial charge is 0.158 e. The monoisotopic (exact) mass is 304 g/mol. The van der Waals surface area contributed by atoms with Crippen molar-refractivity contribution >= 4 is 28.5 Å². The van der Waals surface area contributed by atoms with Crippen LogP contribution in [0.3, 0.4) is 0 Å². The Kier molecular flexibility index (Phi) is 3.86. The summed E-state index contributed by atoms with van der Waals surface area (Å²) >= 11 is 2.04. The molecule has 1 atom stereocenters. The van der Waals surface area contributed by atoms with E-state index in [2.05, 4.69) is 49.2 Å². The molecule has 0 aliphatic carbocycles. The molecule has 114 valence electrons. The molecule has 3 heterocycles. The number of nitrogens with zero attached hydrogens (tertiary/aromatic N) is 3. The van der Waals surface area contributed by atoms with Crippen molar-refractivity contribution in [2.45, 2.75) is 46.2 Å². The zero-order chi connectivity index (χ0) is 15.0. The van der Waals surface area contributed by atoms with Crippen LogP contribution in [0.5, 0.6) is 0 Å². The van der Waals surface area contributed by atoms with Crippen LogP contribution in [0.25, 0.3) is 11.0 Å². The van der Waals surface area contributed by atoms with E-state index in [4.69, 9.17) is 0 Å². The minimum absolute atomic E-state index is 0.336. The Labute approximate surface area is 130 Å². The SMILES string of the molecule is CC(C)n1ncc2cc(NC3CSCCC3(C)C)cnc21. The van der Waals surface area contributed by atoms with Crippen LogP contribution in [0.2, 0.25) is 0 Å². The highest BCUT2D eigenvalue weighted by Gasteiger charge is 2.32. The van der Waals surface area contributed by atoms with Gasteiger partial charge in [-0.2, -0.15) is 16.9 Å². The molecule has 1 fully saturated rings. The second-order valence-electron chi connectivity index (χ2n) is 6.83. The largest absolute Gasteiger partial charge is 0.380 e. The van der Waals surface area contributed by atoms with Crippen molar-refractivity contribution in [2.24, 2.45) is 5.41 Å². The maximum Gasteiger partial charge on any atom is 0.158 e. The molecule has 3 rings (SSSR count). The van der Waals surface area contributed by atoms with Gasteiger partial charge in [0.25, 0.3) is 0 Å². The number of hydrogen-bond donors (Lipinski definition) is 1. The Morgan fingerprint density at radius 2 is 2.19 bits per heavy atom. The van der Waals surface area contributed by atoms with Crippen LogP contribution in [-0.2, 0) is 0 Å². The molecule has 1 aliphatic rings. The van der Waals surface area contributed by atoms with Gasteiger partial charge in [0.05, 0.1) is 18.1 Å². The minimum Gasteiger partial charge on any atom is -0.380 e. The third-order valence-corrected chi connectivity index (χ3v) is 5.44. The number of aromatic nitrogens is 3. The summed E-state index contributed by atoms with van der Waals surface area (Å²) < 4.78 is 1.97. The molecular weight excluding hydrogens is 280 g/mol. The first kappa shape index (κ1) is 14.7. The number of nitrogens with one attached hydrogen (secondary N) is 1. The Morgan fingerprint density at radius 3 is 2.90 bits per heavy atom. The maximum atomic E-state index is 4.61. The summed E-state index contributed by atoms with van der Waals surface area (Å²) in [7, 11) is 0. The molecule has 0 spiro atoms. The average molecular weight is 304 g/mol. The van der Waals surface area contributed by atoms with E-state index < -0.39 is 0 Å². The second kappa shape index (κ2) is 5.52. The minimum atomic E-state index is 0.336. The molecule has 0 bridgehead atoms. The molecule has 0 amide bonds. The summed E-state index contributed by atoms with van der Waals surface area (Å²) in [5.74, 6) is 2.43. The van der Waals surface area contributed by atoms with Gasteiger partial charge >= 0.3 is 0 Å². The molecule has 1 aliphatic heterocycles. The molecule has 0 radical (unpaired) electrons. The summed E-state index contributed by atoms with van der Waals surface area (Å²) in [6.45, 7) is 8.96. The molecular formula is C16H24N4S. The molecule has 2 aromatic rings. The number of anilines is 1. The van der Waals surface area contributed by atoms with Crippen LogP contribution in [0.15, 0.2) is 18.5 Å². The Balaban J connectivity index is 1.85. The lowest BCUT2D eigenvalue weighted by molar-refractivity contribution is 0.305. The van der Waals surface area contributed by atoms with Crippen LogP contribution in [0.1, 0.15) is 40.2 Å². The fourth-order valence-corrected chi connectivity index (χ4v) is 4.38. The van der Waals surface area contributed by atoms with Gasteiger partial charge in [-0.15, -0.1) is 0 Å². The lowest BCUT2D eigenvalue weighted by Gasteiger charge is -2.39. The summed E-state index contributed by atoms with van der Waals surface area (Å²) in [5.41, 5.74) is 2.40. The van der Waals surface area contributed by atoms with Crippen molar-refractivity contribution in [3.8, 4) is 0 Å². The Morgan fingerprint density at radius 1 is 1.38 bits per heavy atom. The predicted octanol–water partition coefficient (Wildman–Crippen LogP) is 3.96. The number of pyridine rings is 1. The van der Waals surface area contributed by atoms with Gasteiger partial charge in [-0.05, 0) is 37.5 Å². The third kappa shape index (κ3) is 2.89. The molecule has 4 nitrogen and oxygen atoms in total. The standard InChI is InChI=1S/C16H24N4S/c1-11(2)20-15-12(8-18-20)7-13(9-17-15)19-14-10-21-6-5-16(14,3)4/h7-9,11,14,19H,5-6,10H2,1-4H3. The van der Waals surface area contributed by atoms with Gasteiger partial charge in [-0.1, -0.05) is 13.8 Å². The number of fused-ring (bicyclic) bond motifs is 1. The predicted molar refractivity (Wildman–Crippen MR) is 91.0 cm³/mol. The van der Waals surface area contributed by atoms with Crippen molar-refractivity contribution in [2.75, 3.05) is 16.8 Å². The second-order valence-corrected chi connectivity index (χ2v) is 7.98. The quantitative estimate of drug-likeness (QED) is 0.932. The topological polar surface area (TPSA) is 42.7 Å². The van der Waals surface area contributed by atoms with Crippen molar-refractivity contribution < 1.29 is 0 Å². The molecule has 1 unspecified atom stereocenters. The Bertz CT molecular complexity index is 632. The van der Waals surface area contributed by atoms with Crippen molar-refractivity contribution in [1.29, 1.82) is 0 Å². The normalized spacial score (nSPS) is 21.9. The van der Waals surface area contributed by atoms with Gasteiger partial charge in [0, 0.05) is 23.2 Å². The first-order chi connectivity index (χ1) is 9.97. The third-order valence-electron chi connectivity index (χ3n) is 4.38. The summed E-state index contributed by atoms with van der Waals surface area (Å²) in [6, 6.07) is 3.00. The summed E-state index contributed by atoms with van der Waals surface area (Å²) in [4.78, 5) is 4.61. The van der Waals surface area contributed by atoms with E-state index >= 15 is 0 Å². The van der Waals surface area contributed by atoms with Gasteiger partial charge in [0.2, 0.25) is 0 Å². The van der Waals surface area contributed by atoms with Crippen LogP contribution in [0, 0.1) is 5.41 Å². The van der Waals surface area contributed by atoms with Gasteiger partial charge in [-0.3, -0.25) is 0 Å². The average Bonchev–Trinajstić information content (AvgIpc) is 2.84. The van der Waals surface area contributed by atoms with Crippen LogP contribution in [-0.4, -0.2) is 32.3 Å². The molecule has 0 aromatic carbocycles. The zero-order valence-electron chi connectivity index (χ0n) is 13.3. The van der Waals surface area contributed by atoms with E-state index in [1.165, 1.54) is 12.2 Å². The molecule has 5 heteroatoms. The van der Waals surface area contributed by atoms with Crippen molar-refractivity contribution in [3.63, 3.8) is 0 Å². The highest BCUT2D eigenvalue weighted by molar-refractivity contribution is 7.99. The highest BCUT2D eigenvalue weighted by Crippen LogP contribution is 2.36. The molecule has 2 aromatic heterocycles. The van der Waals surface area contributed by atoms with Crippen LogP contribution >= 0.6 is 11.8 Å². The van der Waals surface area contributed by atoms with Crippen molar-refractivity contribution in [1.82, 2.24) is 14.8 Å². The summed E-state index contributed by atoms with van der Waals surface area (Å²) in [6.07, 6.45) is 5.11. The fraction of sp³-hybridized carbons (Fsp3) is 0.625. The van der Waals surface area contributed by atoms with E-state index in [1.807, 2.05) is 28.8 Å². The fourth-order valence-electron chi connectivity index (χ4n) is 2.77. The maximum absolute atomic E-state index is 4.61. The lowest BCUT2D eigenvalue weighted by atomic mass is 9.82. The van der Waals surface area contributed by atoms with E-state index in [0.29, 0.717) is 17.5 Å². The number of rotatable bonds is 3. The zero-order valence-corrected chi connectivity index (χ0v) is 14.1. The number of thioether (sulfide) groups is 1. The van der Waals surface area contributed by atoms with Gasteiger partial charge in [0.15, 0.2) is 5.65 Å². The van der Waals surface area contributed by atoms with E-state index in [1.54, 1.807) is 0 Å². The first-order valence-corrected chi connectivity index (χ1v) is 8.80. The van der Waals surface area contributed by atoms with Crippen molar-refractivity contribution in [3.05, 3.63) is 18.5 Å². The highest BCUT2D eigenvalue weighted by atomic mass is 32.2. The van der Waals surface area contributed by atoms with Gasteiger partial charge in [-0.25, -0.2) is 9.67 Å². The number of hydrogen-bond acceptors (Lipinski definition) is 4.